The van der Waals surface area contributed by atoms with E-state index in [1.807, 2.05) is 6.07 Å². The maximum absolute atomic E-state index is 12.3. The summed E-state index contributed by atoms with van der Waals surface area (Å²) in [6, 6.07) is 5.03. The Morgan fingerprint density at radius 1 is 1.33 bits per heavy atom. The van der Waals surface area contributed by atoms with Crippen LogP contribution in [0.15, 0.2) is 35.1 Å². The molecule has 0 bridgehead atoms. The lowest BCUT2D eigenvalue weighted by molar-refractivity contribution is -0.125. The van der Waals surface area contributed by atoms with Crippen LogP contribution in [-0.2, 0) is 17.9 Å². The third-order valence-corrected chi connectivity index (χ3v) is 3.22. The van der Waals surface area contributed by atoms with Crippen molar-refractivity contribution in [1.29, 1.82) is 0 Å². The highest BCUT2D eigenvalue weighted by atomic mass is 16.5. The summed E-state index contributed by atoms with van der Waals surface area (Å²) >= 11 is 0. The van der Waals surface area contributed by atoms with E-state index in [9.17, 15) is 9.59 Å². The Kier molecular flexibility index (Phi) is 3.39. The quantitative estimate of drug-likeness (QED) is 0.792. The third kappa shape index (κ3) is 2.76. The van der Waals surface area contributed by atoms with Crippen LogP contribution in [-0.4, -0.2) is 38.4 Å². The van der Waals surface area contributed by atoms with Gasteiger partial charge in [0.1, 0.15) is 6.54 Å². The van der Waals surface area contributed by atoms with E-state index in [4.69, 9.17) is 4.52 Å². The highest BCUT2D eigenvalue weighted by Crippen LogP contribution is 2.17. The normalized spacial score (nSPS) is 15.1. The number of hydrogen-bond donors (Lipinski definition) is 0. The first kappa shape index (κ1) is 13.3. The second kappa shape index (κ2) is 5.35. The Bertz CT molecular complexity index is 668. The minimum Gasteiger partial charge on any atom is -0.359 e. The Balaban J connectivity index is 1.70. The molecule has 0 radical (unpaired) electrons. The lowest BCUT2D eigenvalue weighted by Gasteiger charge is -2.15. The molecule has 1 fully saturated rings. The molecule has 7 nitrogen and oxygen atoms in total. The minimum atomic E-state index is -0.321. The van der Waals surface area contributed by atoms with Crippen LogP contribution in [0.2, 0.25) is 0 Å². The Morgan fingerprint density at radius 3 is 2.86 bits per heavy atom. The molecular formula is C14H14N4O3. The molecule has 1 saturated heterocycles. The SMILES string of the molecule is Cc1cc(CN2CC(=O)N(Cc3cccnc3)C2=O)on1. The molecule has 1 aliphatic heterocycles. The molecule has 0 N–H and O–H groups in total. The molecule has 2 aromatic heterocycles. The van der Waals surface area contributed by atoms with Gasteiger partial charge in [0.25, 0.3) is 5.91 Å². The van der Waals surface area contributed by atoms with E-state index in [2.05, 4.69) is 10.1 Å². The van der Waals surface area contributed by atoms with Crippen molar-refractivity contribution in [3.63, 3.8) is 0 Å². The van der Waals surface area contributed by atoms with Gasteiger partial charge < -0.3 is 9.42 Å². The summed E-state index contributed by atoms with van der Waals surface area (Å²) in [4.78, 5) is 30.9. The second-order valence-corrected chi connectivity index (χ2v) is 4.91. The summed E-state index contributed by atoms with van der Waals surface area (Å²) in [5, 5.41) is 3.77. The van der Waals surface area contributed by atoms with Crippen molar-refractivity contribution in [2.24, 2.45) is 0 Å². The van der Waals surface area contributed by atoms with Gasteiger partial charge in [-0.3, -0.25) is 14.7 Å². The highest BCUT2D eigenvalue weighted by Gasteiger charge is 2.36. The van der Waals surface area contributed by atoms with Crippen molar-refractivity contribution < 1.29 is 14.1 Å². The number of imide groups is 1. The molecule has 7 heteroatoms. The van der Waals surface area contributed by atoms with Crippen molar-refractivity contribution >= 4 is 11.9 Å². The first-order chi connectivity index (χ1) is 10.1. The molecule has 3 rings (SSSR count). The number of carbonyl (C=O) groups excluding carboxylic acids is 2. The van der Waals surface area contributed by atoms with Crippen molar-refractivity contribution in [2.75, 3.05) is 6.54 Å². The molecule has 0 aliphatic carbocycles. The zero-order chi connectivity index (χ0) is 14.8. The van der Waals surface area contributed by atoms with Crippen molar-refractivity contribution in [1.82, 2.24) is 19.9 Å². The van der Waals surface area contributed by atoms with Crippen LogP contribution in [0.5, 0.6) is 0 Å². The molecular weight excluding hydrogens is 272 g/mol. The molecule has 0 saturated carbocycles. The standard InChI is InChI=1S/C14H14N4O3/c1-10-5-12(21-16-10)8-17-9-13(19)18(14(17)20)7-11-3-2-4-15-6-11/h2-6H,7-9H2,1H3. The van der Waals surface area contributed by atoms with E-state index in [1.54, 1.807) is 31.5 Å². The zero-order valence-electron chi connectivity index (χ0n) is 11.5. The predicted octanol–water partition coefficient (Wildman–Crippen LogP) is 1.34. The smallest absolute Gasteiger partial charge is 0.327 e. The maximum atomic E-state index is 12.3. The largest absolute Gasteiger partial charge is 0.359 e. The Labute approximate surface area is 121 Å². The van der Waals surface area contributed by atoms with E-state index in [0.717, 1.165) is 11.3 Å². The number of aryl methyl sites for hydroxylation is 1. The van der Waals surface area contributed by atoms with Crippen LogP contribution < -0.4 is 0 Å². The minimum absolute atomic E-state index is 0.0544. The van der Waals surface area contributed by atoms with E-state index < -0.39 is 0 Å². The van der Waals surface area contributed by atoms with Gasteiger partial charge in [-0.15, -0.1) is 0 Å². The van der Waals surface area contributed by atoms with Crippen LogP contribution in [0.25, 0.3) is 0 Å². The fourth-order valence-electron chi connectivity index (χ4n) is 2.23. The van der Waals surface area contributed by atoms with E-state index in [0.29, 0.717) is 5.76 Å². The second-order valence-electron chi connectivity index (χ2n) is 4.91. The summed E-state index contributed by atoms with van der Waals surface area (Å²) in [6.45, 7) is 2.34. The summed E-state index contributed by atoms with van der Waals surface area (Å²) in [6.07, 6.45) is 3.29. The molecule has 0 aromatic carbocycles. The van der Waals surface area contributed by atoms with E-state index >= 15 is 0 Å². The zero-order valence-corrected chi connectivity index (χ0v) is 11.5. The first-order valence-corrected chi connectivity index (χ1v) is 6.54. The van der Waals surface area contributed by atoms with Gasteiger partial charge in [0.15, 0.2) is 5.76 Å². The van der Waals surface area contributed by atoms with Crippen molar-refractivity contribution in [3.8, 4) is 0 Å². The number of amides is 3. The van der Waals surface area contributed by atoms with Crippen LogP contribution in [0.4, 0.5) is 4.79 Å². The van der Waals surface area contributed by atoms with Crippen LogP contribution in [0, 0.1) is 6.92 Å². The predicted molar refractivity (Wildman–Crippen MR) is 71.8 cm³/mol. The lowest BCUT2D eigenvalue weighted by atomic mass is 10.3. The molecule has 3 heterocycles. The molecule has 21 heavy (non-hydrogen) atoms. The number of carbonyl (C=O) groups is 2. The molecule has 2 aromatic rings. The number of urea groups is 1. The average Bonchev–Trinajstić information content (AvgIpc) is 2.99. The van der Waals surface area contributed by atoms with Crippen LogP contribution in [0.1, 0.15) is 17.0 Å². The number of pyridine rings is 1. The Hall–Kier alpha value is -2.70. The van der Waals surface area contributed by atoms with Gasteiger partial charge in [-0.05, 0) is 18.6 Å². The fourth-order valence-corrected chi connectivity index (χ4v) is 2.23. The Morgan fingerprint density at radius 2 is 2.19 bits per heavy atom. The maximum Gasteiger partial charge on any atom is 0.327 e. The third-order valence-electron chi connectivity index (χ3n) is 3.22. The summed E-state index contributed by atoms with van der Waals surface area (Å²) in [5.74, 6) is 0.344. The first-order valence-electron chi connectivity index (χ1n) is 6.54. The molecule has 0 spiro atoms. The van der Waals surface area contributed by atoms with Gasteiger partial charge in [-0.1, -0.05) is 11.2 Å². The summed E-state index contributed by atoms with van der Waals surface area (Å²) in [5.41, 5.74) is 1.56. The summed E-state index contributed by atoms with van der Waals surface area (Å²) in [7, 11) is 0. The molecule has 3 amide bonds. The van der Waals surface area contributed by atoms with Crippen LogP contribution in [0.3, 0.4) is 0 Å². The van der Waals surface area contributed by atoms with Gasteiger partial charge in [-0.25, -0.2) is 4.79 Å². The molecule has 1 aliphatic rings. The summed E-state index contributed by atoms with van der Waals surface area (Å²) < 4.78 is 5.08. The lowest BCUT2D eigenvalue weighted by Crippen LogP contribution is -2.32. The molecule has 108 valence electrons. The van der Waals surface area contributed by atoms with Gasteiger partial charge in [0.05, 0.1) is 18.8 Å². The van der Waals surface area contributed by atoms with Crippen molar-refractivity contribution in [3.05, 3.63) is 47.6 Å². The number of rotatable bonds is 4. The highest BCUT2D eigenvalue weighted by molar-refractivity contribution is 6.01. The topological polar surface area (TPSA) is 79.5 Å². The monoisotopic (exact) mass is 286 g/mol. The number of nitrogens with zero attached hydrogens (tertiary/aromatic N) is 4. The van der Waals surface area contributed by atoms with Crippen molar-refractivity contribution in [2.45, 2.75) is 20.0 Å². The van der Waals surface area contributed by atoms with Crippen LogP contribution >= 0.6 is 0 Å². The molecule has 0 unspecified atom stereocenters. The molecule has 0 atom stereocenters. The van der Waals surface area contributed by atoms with Gasteiger partial charge in [0.2, 0.25) is 0 Å². The van der Waals surface area contributed by atoms with Gasteiger partial charge in [0, 0.05) is 18.5 Å². The average molecular weight is 286 g/mol. The fraction of sp³-hybridized carbons (Fsp3) is 0.286. The van der Waals surface area contributed by atoms with Gasteiger partial charge in [-0.2, -0.15) is 0 Å². The van der Waals surface area contributed by atoms with Gasteiger partial charge >= 0.3 is 6.03 Å². The van der Waals surface area contributed by atoms with E-state index in [1.165, 1.54) is 9.80 Å². The van der Waals surface area contributed by atoms with E-state index in [-0.39, 0.29) is 31.6 Å². The number of aromatic nitrogens is 2. The number of hydrogen-bond acceptors (Lipinski definition) is 5.